The van der Waals surface area contributed by atoms with Crippen LogP contribution in [-0.4, -0.2) is 41.5 Å². The molecule has 0 saturated heterocycles. The summed E-state index contributed by atoms with van der Waals surface area (Å²) in [6, 6.07) is 5.05. The van der Waals surface area contributed by atoms with E-state index in [1.807, 2.05) is 0 Å². The van der Waals surface area contributed by atoms with Crippen molar-refractivity contribution in [3.8, 4) is 0 Å². The van der Waals surface area contributed by atoms with Crippen LogP contribution in [0.1, 0.15) is 18.9 Å². The van der Waals surface area contributed by atoms with Crippen molar-refractivity contribution in [3.05, 3.63) is 33.8 Å². The number of benzene rings is 1. The Balaban J connectivity index is 2.74. The largest absolute Gasteiger partial charge is 0.395 e. The molecule has 7 heteroatoms. The fourth-order valence-corrected chi connectivity index (χ4v) is 2.10. The first kappa shape index (κ1) is 17.8. The normalized spacial score (nSPS) is 10.3. The van der Waals surface area contributed by atoms with E-state index in [1.165, 1.54) is 4.90 Å². The van der Waals surface area contributed by atoms with E-state index in [4.69, 9.17) is 28.3 Å². The first-order valence-electron chi connectivity index (χ1n) is 6.57. The Labute approximate surface area is 133 Å². The number of nitrogens with one attached hydrogen (secondary N) is 1. The molecule has 1 rings (SSSR count). The third kappa shape index (κ3) is 5.91. The van der Waals surface area contributed by atoms with E-state index in [2.05, 4.69) is 5.32 Å². The Morgan fingerprint density at radius 2 is 2.00 bits per heavy atom. The lowest BCUT2D eigenvalue weighted by molar-refractivity contribution is -0.136. The van der Waals surface area contributed by atoms with Gasteiger partial charge >= 0.3 is 0 Å². The fourth-order valence-electron chi connectivity index (χ4n) is 1.78. The van der Waals surface area contributed by atoms with Gasteiger partial charge in [0, 0.05) is 19.6 Å². The Kier molecular flexibility index (Phi) is 7.50. The van der Waals surface area contributed by atoms with Gasteiger partial charge in [-0.05, 0) is 24.6 Å². The molecule has 0 aliphatic rings. The van der Waals surface area contributed by atoms with Crippen molar-refractivity contribution in [3.63, 3.8) is 0 Å². The zero-order valence-corrected chi connectivity index (χ0v) is 13.2. The van der Waals surface area contributed by atoms with Gasteiger partial charge in [0.2, 0.25) is 11.8 Å². The predicted octanol–water partition coefficient (Wildman–Crippen LogP) is 1.84. The molecular formula is C14H18Cl2N2O3. The third-order valence-electron chi connectivity index (χ3n) is 2.77. The van der Waals surface area contributed by atoms with Gasteiger partial charge in [-0.3, -0.25) is 9.59 Å². The molecule has 0 unspecified atom stereocenters. The van der Waals surface area contributed by atoms with Crippen LogP contribution in [0.3, 0.4) is 0 Å². The summed E-state index contributed by atoms with van der Waals surface area (Å²) >= 11 is 11.8. The van der Waals surface area contributed by atoms with E-state index >= 15 is 0 Å². The van der Waals surface area contributed by atoms with Crippen LogP contribution in [-0.2, 0) is 16.1 Å². The Bertz CT molecular complexity index is 509. The molecule has 1 aromatic rings. The second-order valence-electron chi connectivity index (χ2n) is 4.42. The number of aliphatic hydroxyl groups excluding tert-OH is 1. The van der Waals surface area contributed by atoms with Gasteiger partial charge in [0.1, 0.15) is 6.42 Å². The maximum absolute atomic E-state index is 12.1. The summed E-state index contributed by atoms with van der Waals surface area (Å²) in [4.78, 5) is 24.9. The molecule has 0 atom stereocenters. The van der Waals surface area contributed by atoms with E-state index in [9.17, 15) is 9.59 Å². The molecule has 116 valence electrons. The van der Waals surface area contributed by atoms with Crippen molar-refractivity contribution in [1.29, 1.82) is 0 Å². The van der Waals surface area contributed by atoms with Gasteiger partial charge in [0.05, 0.1) is 16.7 Å². The minimum atomic E-state index is -0.346. The monoisotopic (exact) mass is 332 g/mol. The Morgan fingerprint density at radius 3 is 2.57 bits per heavy atom. The first-order chi connectivity index (χ1) is 9.97. The maximum atomic E-state index is 12.1. The average molecular weight is 333 g/mol. The van der Waals surface area contributed by atoms with Crippen molar-refractivity contribution in [2.75, 3.05) is 19.7 Å². The van der Waals surface area contributed by atoms with E-state index in [0.29, 0.717) is 16.6 Å². The lowest BCUT2D eigenvalue weighted by atomic mass is 10.2. The molecule has 0 saturated carbocycles. The first-order valence-corrected chi connectivity index (χ1v) is 7.32. The van der Waals surface area contributed by atoms with Crippen molar-refractivity contribution in [1.82, 2.24) is 10.2 Å². The molecule has 2 N–H and O–H groups in total. The number of amides is 2. The van der Waals surface area contributed by atoms with Gasteiger partial charge in [0.15, 0.2) is 0 Å². The molecule has 1 aromatic carbocycles. The lowest BCUT2D eigenvalue weighted by Crippen LogP contribution is -2.37. The summed E-state index contributed by atoms with van der Waals surface area (Å²) in [5.41, 5.74) is 0.780. The zero-order valence-electron chi connectivity index (χ0n) is 11.7. The fraction of sp³-hybridized carbons (Fsp3) is 0.429. The molecular weight excluding hydrogens is 315 g/mol. The van der Waals surface area contributed by atoms with E-state index < -0.39 is 0 Å². The van der Waals surface area contributed by atoms with Crippen LogP contribution in [0.4, 0.5) is 0 Å². The Hall–Kier alpha value is -1.30. The average Bonchev–Trinajstić information content (AvgIpc) is 2.42. The molecule has 0 spiro atoms. The minimum absolute atomic E-state index is 0.151. The van der Waals surface area contributed by atoms with Gasteiger partial charge in [-0.1, -0.05) is 29.3 Å². The topological polar surface area (TPSA) is 69.6 Å². The molecule has 0 heterocycles. The smallest absolute Gasteiger partial charge is 0.232 e. The summed E-state index contributed by atoms with van der Waals surface area (Å²) in [7, 11) is 0. The molecule has 0 fully saturated rings. The second-order valence-corrected chi connectivity index (χ2v) is 5.23. The summed E-state index contributed by atoms with van der Waals surface area (Å²) in [5.74, 6) is -0.680. The highest BCUT2D eigenvalue weighted by molar-refractivity contribution is 6.42. The maximum Gasteiger partial charge on any atom is 0.232 e. The standard InChI is InChI=1S/C14H18Cl2N2O3/c1-2-17-13(20)8-14(21)18(5-6-19)9-10-3-4-11(15)12(16)7-10/h3-4,7,19H,2,5-6,8-9H2,1H3,(H,17,20). The highest BCUT2D eigenvalue weighted by atomic mass is 35.5. The van der Waals surface area contributed by atoms with Crippen LogP contribution in [0.2, 0.25) is 10.0 Å². The van der Waals surface area contributed by atoms with Crippen LogP contribution in [0, 0.1) is 0 Å². The number of rotatable bonds is 7. The van der Waals surface area contributed by atoms with E-state index in [1.54, 1.807) is 25.1 Å². The van der Waals surface area contributed by atoms with Gasteiger partial charge < -0.3 is 15.3 Å². The summed E-state index contributed by atoms with van der Waals surface area (Å²) in [5, 5.41) is 12.5. The molecule has 2 amide bonds. The van der Waals surface area contributed by atoms with Crippen molar-refractivity contribution < 1.29 is 14.7 Å². The van der Waals surface area contributed by atoms with Crippen molar-refractivity contribution in [2.24, 2.45) is 0 Å². The lowest BCUT2D eigenvalue weighted by Gasteiger charge is -2.22. The summed E-state index contributed by atoms with van der Waals surface area (Å²) in [6.07, 6.45) is -0.241. The van der Waals surface area contributed by atoms with E-state index in [-0.39, 0.29) is 37.9 Å². The van der Waals surface area contributed by atoms with Crippen LogP contribution in [0.15, 0.2) is 18.2 Å². The predicted molar refractivity (Wildman–Crippen MR) is 82.3 cm³/mol. The molecule has 0 bridgehead atoms. The highest BCUT2D eigenvalue weighted by Crippen LogP contribution is 2.23. The molecule has 0 radical (unpaired) electrons. The minimum Gasteiger partial charge on any atom is -0.395 e. The van der Waals surface area contributed by atoms with Crippen LogP contribution < -0.4 is 5.32 Å². The van der Waals surface area contributed by atoms with Crippen molar-refractivity contribution >= 4 is 35.0 Å². The quantitative estimate of drug-likeness (QED) is 0.748. The number of nitrogens with zero attached hydrogens (tertiary/aromatic N) is 1. The number of carbonyl (C=O) groups excluding carboxylic acids is 2. The van der Waals surface area contributed by atoms with E-state index in [0.717, 1.165) is 5.56 Å². The number of carbonyl (C=O) groups is 2. The molecule has 0 aliphatic heterocycles. The molecule has 0 aromatic heterocycles. The molecule has 21 heavy (non-hydrogen) atoms. The number of halogens is 2. The van der Waals surface area contributed by atoms with Crippen LogP contribution >= 0.6 is 23.2 Å². The van der Waals surface area contributed by atoms with Gasteiger partial charge in [-0.2, -0.15) is 0 Å². The van der Waals surface area contributed by atoms with Crippen LogP contribution in [0.5, 0.6) is 0 Å². The molecule has 0 aliphatic carbocycles. The van der Waals surface area contributed by atoms with Crippen LogP contribution in [0.25, 0.3) is 0 Å². The zero-order chi connectivity index (χ0) is 15.8. The highest BCUT2D eigenvalue weighted by Gasteiger charge is 2.17. The molecule has 5 nitrogen and oxygen atoms in total. The summed E-state index contributed by atoms with van der Waals surface area (Å²) in [6.45, 7) is 2.49. The SMILES string of the molecule is CCNC(=O)CC(=O)N(CCO)Cc1ccc(Cl)c(Cl)c1. The van der Waals surface area contributed by atoms with Gasteiger partial charge in [0.25, 0.3) is 0 Å². The number of hydrogen-bond acceptors (Lipinski definition) is 3. The van der Waals surface area contributed by atoms with Crippen molar-refractivity contribution in [2.45, 2.75) is 19.9 Å². The Morgan fingerprint density at radius 1 is 1.29 bits per heavy atom. The third-order valence-corrected chi connectivity index (χ3v) is 3.50. The number of hydrogen-bond donors (Lipinski definition) is 2. The summed E-state index contributed by atoms with van der Waals surface area (Å²) < 4.78 is 0. The van der Waals surface area contributed by atoms with Gasteiger partial charge in [-0.15, -0.1) is 0 Å². The number of aliphatic hydroxyl groups is 1. The second kappa shape index (κ2) is 8.87. The van der Waals surface area contributed by atoms with Gasteiger partial charge in [-0.25, -0.2) is 0 Å².